The molecule has 0 spiro atoms. The summed E-state index contributed by atoms with van der Waals surface area (Å²) in [6.45, 7) is 3.14. The number of carbonyl (C=O) groups is 4. The number of nitrogens with two attached hydrogens (primary N) is 3. The first-order chi connectivity index (χ1) is 13.0. The van der Waals surface area contributed by atoms with Crippen LogP contribution in [0.25, 0.3) is 0 Å². The van der Waals surface area contributed by atoms with Crippen LogP contribution in [0.1, 0.15) is 26.7 Å². The van der Waals surface area contributed by atoms with Gasteiger partial charge in [-0.1, -0.05) is 0 Å². The fraction of sp³-hybridized carbons (Fsp3) is 0.667. The number of carboxylic acids is 1. The van der Waals surface area contributed by atoms with Crippen LogP contribution in [0.3, 0.4) is 0 Å². The van der Waals surface area contributed by atoms with Crippen molar-refractivity contribution in [1.29, 1.82) is 0 Å². The Bertz CT molecular complexity index is 597. The van der Waals surface area contributed by atoms with Crippen LogP contribution in [0.4, 0.5) is 0 Å². The molecule has 0 aliphatic heterocycles. The Kier molecular flexibility index (Phi) is 11.6. The molecule has 0 aromatic carbocycles. The summed E-state index contributed by atoms with van der Waals surface area (Å²) in [5.41, 5.74) is 16.1. The van der Waals surface area contributed by atoms with E-state index in [0.29, 0.717) is 19.4 Å². The fourth-order valence-electron chi connectivity index (χ4n) is 1.92. The molecule has 160 valence electrons. The standard InChI is InChI=1S/C15H29N7O5S/c1-7(21-13(25)9(16)4-3-5-19-15(17)18)11(23)20-8(2)12(24)22-10(6-28)14(26)27/h7-10,28H,3-6,16H2,1-2H3,(H,20,23)(H,21,25)(H,22,24)(H,26,27)(H4,17,18,19). The number of hydrogen-bond acceptors (Lipinski definition) is 7. The highest BCUT2D eigenvalue weighted by Gasteiger charge is 2.25. The number of aliphatic imine (C=N–C) groups is 1. The van der Waals surface area contributed by atoms with E-state index in [9.17, 15) is 19.2 Å². The minimum absolute atomic E-state index is 0.0504. The highest BCUT2D eigenvalue weighted by atomic mass is 32.1. The first-order valence-corrected chi connectivity index (χ1v) is 9.18. The van der Waals surface area contributed by atoms with Crippen LogP contribution in [0.5, 0.6) is 0 Å². The monoisotopic (exact) mass is 419 g/mol. The van der Waals surface area contributed by atoms with Gasteiger partial charge >= 0.3 is 5.97 Å². The zero-order valence-corrected chi connectivity index (χ0v) is 16.7. The lowest BCUT2D eigenvalue weighted by Crippen LogP contribution is -2.55. The van der Waals surface area contributed by atoms with Gasteiger partial charge in [-0.2, -0.15) is 12.6 Å². The molecule has 28 heavy (non-hydrogen) atoms. The molecule has 0 aromatic rings. The summed E-state index contributed by atoms with van der Waals surface area (Å²) in [5.74, 6) is -3.24. The van der Waals surface area contributed by atoms with E-state index < -0.39 is 47.9 Å². The highest BCUT2D eigenvalue weighted by Crippen LogP contribution is 1.97. The molecule has 0 bridgehead atoms. The van der Waals surface area contributed by atoms with Crippen LogP contribution in [-0.4, -0.2) is 71.2 Å². The number of carbonyl (C=O) groups excluding carboxylic acids is 3. The van der Waals surface area contributed by atoms with Gasteiger partial charge in [-0.3, -0.25) is 19.4 Å². The Labute approximate surface area is 168 Å². The van der Waals surface area contributed by atoms with Gasteiger partial charge in [-0.15, -0.1) is 0 Å². The maximum absolute atomic E-state index is 12.1. The molecule has 0 rings (SSSR count). The Morgan fingerprint density at radius 3 is 1.96 bits per heavy atom. The maximum atomic E-state index is 12.1. The average Bonchev–Trinajstić information content (AvgIpc) is 2.61. The number of hydrogen-bond donors (Lipinski definition) is 8. The van der Waals surface area contributed by atoms with Crippen LogP contribution in [0.2, 0.25) is 0 Å². The van der Waals surface area contributed by atoms with Crippen molar-refractivity contribution in [2.45, 2.75) is 50.9 Å². The number of nitrogens with one attached hydrogen (secondary N) is 3. The molecule has 13 heteroatoms. The van der Waals surface area contributed by atoms with Crippen LogP contribution < -0.4 is 33.2 Å². The molecule has 0 radical (unpaired) electrons. The molecule has 0 saturated carbocycles. The minimum atomic E-state index is -1.24. The molecule has 0 aliphatic rings. The first kappa shape index (κ1) is 25.5. The second-order valence-corrected chi connectivity index (χ2v) is 6.46. The Balaban J connectivity index is 4.45. The van der Waals surface area contributed by atoms with E-state index >= 15 is 0 Å². The third-order valence-electron chi connectivity index (χ3n) is 3.61. The van der Waals surface area contributed by atoms with E-state index in [0.717, 1.165) is 0 Å². The normalized spacial score (nSPS) is 14.7. The summed E-state index contributed by atoms with van der Waals surface area (Å²) in [6, 6.07) is -3.99. The van der Waals surface area contributed by atoms with Crippen LogP contribution in [-0.2, 0) is 19.2 Å². The molecule has 0 fully saturated rings. The van der Waals surface area contributed by atoms with E-state index in [4.69, 9.17) is 22.3 Å². The quantitative estimate of drug-likeness (QED) is 0.0698. The van der Waals surface area contributed by atoms with Gasteiger partial charge in [0.05, 0.1) is 6.04 Å². The van der Waals surface area contributed by atoms with Crippen molar-refractivity contribution in [3.63, 3.8) is 0 Å². The summed E-state index contributed by atoms with van der Waals surface area (Å²) in [5, 5.41) is 16.0. The van der Waals surface area contributed by atoms with Crippen molar-refractivity contribution >= 4 is 42.3 Å². The molecule has 0 heterocycles. The predicted molar refractivity (Wildman–Crippen MR) is 107 cm³/mol. The van der Waals surface area contributed by atoms with Gasteiger partial charge in [0.1, 0.15) is 18.1 Å². The number of aliphatic carboxylic acids is 1. The second-order valence-electron chi connectivity index (χ2n) is 6.10. The predicted octanol–water partition coefficient (Wildman–Crippen LogP) is -3.12. The Hall–Kier alpha value is -2.54. The third-order valence-corrected chi connectivity index (χ3v) is 3.97. The Morgan fingerprint density at radius 1 is 1.00 bits per heavy atom. The van der Waals surface area contributed by atoms with Gasteiger partial charge in [0.2, 0.25) is 17.7 Å². The highest BCUT2D eigenvalue weighted by molar-refractivity contribution is 7.80. The lowest BCUT2D eigenvalue weighted by molar-refractivity contribution is -0.141. The van der Waals surface area contributed by atoms with Gasteiger partial charge in [-0.05, 0) is 26.7 Å². The minimum Gasteiger partial charge on any atom is -0.480 e. The summed E-state index contributed by atoms with van der Waals surface area (Å²) in [7, 11) is 0. The molecule has 10 N–H and O–H groups in total. The maximum Gasteiger partial charge on any atom is 0.327 e. The zero-order chi connectivity index (χ0) is 21.9. The van der Waals surface area contributed by atoms with Crippen molar-refractivity contribution < 1.29 is 24.3 Å². The van der Waals surface area contributed by atoms with Crippen LogP contribution in [0.15, 0.2) is 4.99 Å². The molecule has 0 aromatic heterocycles. The van der Waals surface area contributed by atoms with Crippen molar-refractivity contribution in [3.8, 4) is 0 Å². The lowest BCUT2D eigenvalue weighted by Gasteiger charge is -2.21. The van der Waals surface area contributed by atoms with Crippen molar-refractivity contribution in [3.05, 3.63) is 0 Å². The number of thiol groups is 1. The fourth-order valence-corrected chi connectivity index (χ4v) is 2.17. The van der Waals surface area contributed by atoms with E-state index in [1.165, 1.54) is 13.8 Å². The van der Waals surface area contributed by atoms with E-state index in [-0.39, 0.29) is 11.7 Å². The van der Waals surface area contributed by atoms with Gasteiger partial charge in [0, 0.05) is 12.3 Å². The molecule has 4 unspecified atom stereocenters. The molecule has 0 aliphatic carbocycles. The van der Waals surface area contributed by atoms with Crippen molar-refractivity contribution in [1.82, 2.24) is 16.0 Å². The van der Waals surface area contributed by atoms with Crippen LogP contribution in [0, 0.1) is 0 Å². The SMILES string of the molecule is CC(NC(=O)C(N)CCCN=C(N)N)C(=O)NC(C)C(=O)NC(CS)C(=O)O. The number of nitrogens with zero attached hydrogens (tertiary/aromatic N) is 1. The van der Waals surface area contributed by atoms with E-state index in [1.807, 2.05) is 0 Å². The van der Waals surface area contributed by atoms with E-state index in [2.05, 4.69) is 33.6 Å². The van der Waals surface area contributed by atoms with Crippen molar-refractivity contribution in [2.75, 3.05) is 12.3 Å². The largest absolute Gasteiger partial charge is 0.480 e. The molecule has 0 saturated heterocycles. The molecule has 12 nitrogen and oxygen atoms in total. The zero-order valence-electron chi connectivity index (χ0n) is 15.8. The number of carboxylic acid groups (broad SMARTS) is 1. The van der Waals surface area contributed by atoms with Gasteiger partial charge < -0.3 is 38.3 Å². The molecule has 3 amide bonds. The molecular formula is C15H29N7O5S. The summed E-state index contributed by atoms with van der Waals surface area (Å²) in [4.78, 5) is 50.7. The third kappa shape index (κ3) is 9.97. The molecular weight excluding hydrogens is 390 g/mol. The number of rotatable bonds is 12. The van der Waals surface area contributed by atoms with Gasteiger partial charge in [0.25, 0.3) is 0 Å². The summed E-state index contributed by atoms with van der Waals surface area (Å²) < 4.78 is 0. The summed E-state index contributed by atoms with van der Waals surface area (Å²) >= 11 is 3.84. The number of amides is 3. The van der Waals surface area contributed by atoms with Crippen molar-refractivity contribution in [2.24, 2.45) is 22.2 Å². The lowest BCUT2D eigenvalue weighted by atomic mass is 10.1. The summed E-state index contributed by atoms with van der Waals surface area (Å²) in [6.07, 6.45) is 0.802. The van der Waals surface area contributed by atoms with Crippen LogP contribution >= 0.6 is 12.6 Å². The van der Waals surface area contributed by atoms with E-state index in [1.54, 1.807) is 0 Å². The topological polar surface area (TPSA) is 215 Å². The smallest absolute Gasteiger partial charge is 0.327 e. The first-order valence-electron chi connectivity index (χ1n) is 8.55. The van der Waals surface area contributed by atoms with Gasteiger partial charge in [0.15, 0.2) is 5.96 Å². The number of guanidine groups is 1. The molecule has 4 atom stereocenters. The average molecular weight is 420 g/mol. The van der Waals surface area contributed by atoms with Gasteiger partial charge in [-0.25, -0.2) is 4.79 Å². The Morgan fingerprint density at radius 2 is 1.50 bits per heavy atom. The second kappa shape index (κ2) is 12.8.